The largest absolute Gasteiger partial charge is 0.461 e. The number of benzene rings is 3. The lowest BCUT2D eigenvalue weighted by atomic mass is 10.1. The summed E-state index contributed by atoms with van der Waals surface area (Å²) in [5.41, 5.74) is 12.7. The van der Waals surface area contributed by atoms with Gasteiger partial charge in [-0.2, -0.15) is 0 Å². The summed E-state index contributed by atoms with van der Waals surface area (Å²) in [6.07, 6.45) is 1.98. The second kappa shape index (κ2) is 5.80. The van der Waals surface area contributed by atoms with Crippen LogP contribution in [-0.2, 0) is 0 Å². The van der Waals surface area contributed by atoms with Crippen LogP contribution in [-0.4, -0.2) is 0 Å². The molecule has 6 rings (SSSR count). The third-order valence-corrected chi connectivity index (χ3v) is 5.79. The van der Waals surface area contributed by atoms with E-state index in [1.807, 2.05) is 37.3 Å². The summed E-state index contributed by atoms with van der Waals surface area (Å²) in [5, 5.41) is 4.91. The summed E-state index contributed by atoms with van der Waals surface area (Å²) < 4.78 is 18.3. The Balaban J connectivity index is 1.65. The predicted octanol–water partition coefficient (Wildman–Crippen LogP) is 5.52. The molecule has 3 aromatic heterocycles. The Morgan fingerprint density at radius 3 is 2.30 bits per heavy atom. The molecule has 4 heteroatoms. The number of nitrogens with two attached hydrogens (primary N) is 1. The van der Waals surface area contributed by atoms with Crippen molar-refractivity contribution in [3.63, 3.8) is 0 Å². The first-order valence-corrected chi connectivity index (χ1v) is 9.83. The van der Waals surface area contributed by atoms with E-state index in [1.165, 1.54) is 5.56 Å². The van der Waals surface area contributed by atoms with Gasteiger partial charge in [-0.05, 0) is 55.8 Å². The van der Waals surface area contributed by atoms with Crippen molar-refractivity contribution in [3.05, 3.63) is 76.1 Å². The molecule has 0 fully saturated rings. The average Bonchev–Trinajstić information content (AvgIpc) is 3.31. The maximum atomic E-state index is 6.14. The van der Waals surface area contributed by atoms with E-state index in [1.54, 1.807) is 0 Å². The van der Waals surface area contributed by atoms with Crippen LogP contribution in [0, 0.1) is 13.8 Å². The maximum absolute atomic E-state index is 6.14. The SMILES string of the molecule is C=c1/c(=C\c2c(C)oc3cc4c(cc23)oc2cc(C)ccc24)oc2cc(N)ccc12. The quantitative estimate of drug-likeness (QED) is 0.374. The molecule has 0 atom stereocenters. The molecule has 0 saturated carbocycles. The fourth-order valence-electron chi connectivity index (χ4n) is 4.23. The van der Waals surface area contributed by atoms with Crippen molar-refractivity contribution in [2.75, 3.05) is 5.73 Å². The van der Waals surface area contributed by atoms with E-state index in [-0.39, 0.29) is 0 Å². The standard InChI is InChI=1S/C26H19NO3/c1-13-4-6-18-20-11-25-21(12-26(20)30-23(18)8-13)19(15(3)28-25)10-22-14(2)17-7-5-16(27)9-24(17)29-22/h4-12H,2,27H2,1,3H3/b22-10+. The molecule has 6 aromatic rings. The zero-order valence-electron chi connectivity index (χ0n) is 16.7. The number of hydrogen-bond acceptors (Lipinski definition) is 4. The van der Waals surface area contributed by atoms with Gasteiger partial charge in [0.2, 0.25) is 0 Å². The molecule has 0 amide bonds. The first-order valence-electron chi connectivity index (χ1n) is 9.83. The van der Waals surface area contributed by atoms with Gasteiger partial charge in [0.15, 0.2) is 0 Å². The maximum Gasteiger partial charge on any atom is 0.137 e. The molecular weight excluding hydrogens is 374 g/mol. The van der Waals surface area contributed by atoms with Crippen LogP contribution in [0.15, 0.2) is 61.8 Å². The second-order valence-electron chi connectivity index (χ2n) is 7.86. The van der Waals surface area contributed by atoms with Gasteiger partial charge in [0.1, 0.15) is 33.5 Å². The van der Waals surface area contributed by atoms with E-state index in [9.17, 15) is 0 Å². The highest BCUT2D eigenvalue weighted by atomic mass is 16.3. The van der Waals surface area contributed by atoms with Crippen LogP contribution in [0.1, 0.15) is 16.9 Å². The summed E-state index contributed by atoms with van der Waals surface area (Å²) in [6.45, 7) is 8.22. The Morgan fingerprint density at radius 1 is 0.733 bits per heavy atom. The van der Waals surface area contributed by atoms with Gasteiger partial charge in [-0.1, -0.05) is 18.7 Å². The molecule has 0 aliphatic rings. The van der Waals surface area contributed by atoms with Crippen LogP contribution in [0.4, 0.5) is 5.69 Å². The zero-order chi connectivity index (χ0) is 20.6. The highest BCUT2D eigenvalue weighted by Crippen LogP contribution is 2.35. The summed E-state index contributed by atoms with van der Waals surface area (Å²) in [7, 11) is 0. The van der Waals surface area contributed by atoms with E-state index < -0.39 is 0 Å². The van der Waals surface area contributed by atoms with Gasteiger partial charge < -0.3 is 19.0 Å². The van der Waals surface area contributed by atoms with Crippen molar-refractivity contribution in [1.29, 1.82) is 0 Å². The summed E-state index contributed by atoms with van der Waals surface area (Å²) >= 11 is 0. The number of rotatable bonds is 1. The third kappa shape index (κ3) is 2.34. The molecule has 4 nitrogen and oxygen atoms in total. The molecule has 0 bridgehead atoms. The molecule has 30 heavy (non-hydrogen) atoms. The zero-order valence-corrected chi connectivity index (χ0v) is 16.7. The molecule has 3 aromatic carbocycles. The minimum absolute atomic E-state index is 0.662. The van der Waals surface area contributed by atoms with Gasteiger partial charge in [0, 0.05) is 44.1 Å². The van der Waals surface area contributed by atoms with Crippen LogP contribution in [0.5, 0.6) is 0 Å². The first kappa shape index (κ1) is 17.0. The van der Waals surface area contributed by atoms with Gasteiger partial charge in [-0.15, -0.1) is 0 Å². The van der Waals surface area contributed by atoms with Crippen molar-refractivity contribution in [1.82, 2.24) is 0 Å². The monoisotopic (exact) mass is 393 g/mol. The van der Waals surface area contributed by atoms with Gasteiger partial charge in [-0.3, -0.25) is 0 Å². The highest BCUT2D eigenvalue weighted by Gasteiger charge is 2.15. The van der Waals surface area contributed by atoms with Gasteiger partial charge in [-0.25, -0.2) is 0 Å². The minimum Gasteiger partial charge on any atom is -0.461 e. The fraction of sp³-hybridized carbons (Fsp3) is 0.0769. The predicted molar refractivity (Wildman–Crippen MR) is 122 cm³/mol. The molecule has 0 radical (unpaired) electrons. The van der Waals surface area contributed by atoms with Crippen molar-refractivity contribution >= 4 is 62.2 Å². The Kier molecular flexibility index (Phi) is 3.28. The van der Waals surface area contributed by atoms with Gasteiger partial charge >= 0.3 is 0 Å². The van der Waals surface area contributed by atoms with Crippen LogP contribution in [0.3, 0.4) is 0 Å². The van der Waals surface area contributed by atoms with Gasteiger partial charge in [0.05, 0.1) is 0 Å². The fourth-order valence-corrected chi connectivity index (χ4v) is 4.23. The first-order chi connectivity index (χ1) is 14.5. The Hall–Kier alpha value is -3.92. The molecule has 0 spiro atoms. The lowest BCUT2D eigenvalue weighted by Crippen LogP contribution is -2.18. The second-order valence-corrected chi connectivity index (χ2v) is 7.86. The molecule has 0 saturated heterocycles. The van der Waals surface area contributed by atoms with Crippen LogP contribution in [0.2, 0.25) is 0 Å². The van der Waals surface area contributed by atoms with E-state index in [2.05, 4.69) is 37.8 Å². The Labute approximate surface area is 171 Å². The van der Waals surface area contributed by atoms with E-state index >= 15 is 0 Å². The number of furan rings is 3. The van der Waals surface area contributed by atoms with Crippen molar-refractivity contribution in [2.24, 2.45) is 0 Å². The minimum atomic E-state index is 0.662. The van der Waals surface area contributed by atoms with Crippen LogP contribution < -0.4 is 16.4 Å². The summed E-state index contributed by atoms with van der Waals surface area (Å²) in [4.78, 5) is 0. The van der Waals surface area contributed by atoms with Crippen molar-refractivity contribution in [3.8, 4) is 0 Å². The third-order valence-electron chi connectivity index (χ3n) is 5.79. The molecule has 3 heterocycles. The smallest absolute Gasteiger partial charge is 0.137 e. The van der Waals surface area contributed by atoms with E-state index in [0.717, 1.165) is 60.4 Å². The number of nitrogen functional groups attached to an aromatic ring is 1. The Morgan fingerprint density at radius 2 is 1.43 bits per heavy atom. The van der Waals surface area contributed by atoms with Gasteiger partial charge in [0.25, 0.3) is 0 Å². The summed E-state index contributed by atoms with van der Waals surface area (Å²) in [5.74, 6) is 0.817. The molecule has 0 aliphatic heterocycles. The number of hydrogen-bond donors (Lipinski definition) is 1. The topological polar surface area (TPSA) is 65.4 Å². The summed E-state index contributed by atoms with van der Waals surface area (Å²) in [6, 6.07) is 16.0. The van der Waals surface area contributed by atoms with Crippen LogP contribution in [0.25, 0.3) is 56.5 Å². The normalized spacial score (nSPS) is 12.8. The Bertz CT molecular complexity index is 1740. The lowest BCUT2D eigenvalue weighted by Gasteiger charge is -1.92. The number of anilines is 1. The van der Waals surface area contributed by atoms with E-state index in [0.29, 0.717) is 11.1 Å². The van der Waals surface area contributed by atoms with Crippen LogP contribution >= 0.6 is 0 Å². The van der Waals surface area contributed by atoms with Crippen molar-refractivity contribution in [2.45, 2.75) is 13.8 Å². The molecule has 0 unspecified atom stereocenters. The number of aryl methyl sites for hydroxylation is 2. The molecular formula is C26H19NO3. The highest BCUT2D eigenvalue weighted by molar-refractivity contribution is 6.10. The lowest BCUT2D eigenvalue weighted by molar-refractivity contribution is 0.570. The van der Waals surface area contributed by atoms with E-state index in [4.69, 9.17) is 19.0 Å². The molecule has 2 N–H and O–H groups in total. The molecule has 146 valence electrons. The average molecular weight is 393 g/mol. The van der Waals surface area contributed by atoms with Crippen molar-refractivity contribution < 1.29 is 13.3 Å². The molecule has 0 aliphatic carbocycles. The number of fused-ring (bicyclic) bond motifs is 5.